The highest BCUT2D eigenvalue weighted by Gasteiger charge is 2.25. The molecule has 1 aromatic carbocycles. The normalized spacial score (nSPS) is 27.0. The fourth-order valence-corrected chi connectivity index (χ4v) is 2.22. The molecule has 1 unspecified atom stereocenters. The van der Waals surface area contributed by atoms with E-state index in [0.29, 0.717) is 0 Å². The molecule has 2 rings (SSSR count). The minimum atomic E-state index is 0.0147. The van der Waals surface area contributed by atoms with Crippen molar-refractivity contribution < 1.29 is 0 Å². The highest BCUT2D eigenvalue weighted by Crippen LogP contribution is 2.28. The topological polar surface area (TPSA) is 26.0 Å². The Morgan fingerprint density at radius 2 is 2.15 bits per heavy atom. The predicted molar refractivity (Wildman–Crippen MR) is 55.8 cm³/mol. The molecule has 0 aromatic heterocycles. The molecule has 1 aromatic rings. The van der Waals surface area contributed by atoms with E-state index in [0.717, 1.165) is 19.3 Å². The molecule has 1 heteroatoms. The van der Waals surface area contributed by atoms with Gasteiger partial charge in [-0.3, -0.25) is 0 Å². The quantitative estimate of drug-likeness (QED) is 0.642. The largest absolute Gasteiger partial charge is 0.325 e. The summed E-state index contributed by atoms with van der Waals surface area (Å²) in [5.74, 6) is 0. The van der Waals surface area contributed by atoms with Crippen LogP contribution >= 0.6 is 0 Å². The van der Waals surface area contributed by atoms with Gasteiger partial charge in [-0.1, -0.05) is 18.2 Å². The van der Waals surface area contributed by atoms with Gasteiger partial charge in [-0.25, -0.2) is 0 Å². The molecule has 70 valence electrons. The number of hydrogen-bond donors (Lipinski definition) is 1. The van der Waals surface area contributed by atoms with Crippen LogP contribution in [0.4, 0.5) is 0 Å². The summed E-state index contributed by atoms with van der Waals surface area (Å²) in [6, 6.07) is 6.54. The average Bonchev–Trinajstić information content (AvgIpc) is 2.02. The summed E-state index contributed by atoms with van der Waals surface area (Å²) in [6.45, 7) is 4.34. The van der Waals surface area contributed by atoms with Gasteiger partial charge >= 0.3 is 0 Å². The van der Waals surface area contributed by atoms with Gasteiger partial charge in [0.05, 0.1) is 0 Å². The third-order valence-electron chi connectivity index (χ3n) is 3.05. The molecule has 0 heterocycles. The molecule has 0 spiro atoms. The SMILES string of the molecule is Cc1cccc2c1CCC(C)(N)C2. The lowest BCUT2D eigenvalue weighted by molar-refractivity contribution is 0.408. The van der Waals surface area contributed by atoms with Gasteiger partial charge in [0.2, 0.25) is 0 Å². The number of hydrogen-bond acceptors (Lipinski definition) is 1. The van der Waals surface area contributed by atoms with Gasteiger partial charge in [-0.15, -0.1) is 0 Å². The molecule has 1 nitrogen and oxygen atoms in total. The first-order valence-corrected chi connectivity index (χ1v) is 4.95. The van der Waals surface area contributed by atoms with Crippen molar-refractivity contribution in [1.82, 2.24) is 0 Å². The van der Waals surface area contributed by atoms with Crippen LogP contribution in [0.2, 0.25) is 0 Å². The highest BCUT2D eigenvalue weighted by atomic mass is 14.7. The summed E-state index contributed by atoms with van der Waals surface area (Å²) >= 11 is 0. The Morgan fingerprint density at radius 1 is 1.38 bits per heavy atom. The highest BCUT2D eigenvalue weighted by molar-refractivity contribution is 5.37. The maximum atomic E-state index is 6.14. The second-order valence-electron chi connectivity index (χ2n) is 4.54. The average molecular weight is 175 g/mol. The second kappa shape index (κ2) is 2.85. The van der Waals surface area contributed by atoms with E-state index in [2.05, 4.69) is 32.0 Å². The summed E-state index contributed by atoms with van der Waals surface area (Å²) in [5.41, 5.74) is 10.6. The molecule has 0 saturated carbocycles. The Hall–Kier alpha value is -0.820. The first-order chi connectivity index (χ1) is 6.08. The van der Waals surface area contributed by atoms with E-state index < -0.39 is 0 Å². The van der Waals surface area contributed by atoms with E-state index in [4.69, 9.17) is 5.73 Å². The van der Waals surface area contributed by atoms with Gasteiger partial charge in [0.1, 0.15) is 0 Å². The predicted octanol–water partition coefficient (Wildman–Crippen LogP) is 2.20. The first-order valence-electron chi connectivity index (χ1n) is 4.95. The number of benzene rings is 1. The molecule has 0 saturated heterocycles. The van der Waals surface area contributed by atoms with Crippen LogP contribution < -0.4 is 5.73 Å². The Balaban J connectivity index is 2.42. The number of aryl methyl sites for hydroxylation is 1. The van der Waals surface area contributed by atoms with Gasteiger partial charge in [0, 0.05) is 5.54 Å². The van der Waals surface area contributed by atoms with Gasteiger partial charge in [0.15, 0.2) is 0 Å². The van der Waals surface area contributed by atoms with E-state index in [-0.39, 0.29) is 5.54 Å². The van der Waals surface area contributed by atoms with Crippen molar-refractivity contribution in [2.75, 3.05) is 0 Å². The number of nitrogens with two attached hydrogens (primary N) is 1. The molecule has 0 amide bonds. The molecular formula is C12H17N. The van der Waals surface area contributed by atoms with Crippen LogP contribution in [0.25, 0.3) is 0 Å². The lowest BCUT2D eigenvalue weighted by atomic mass is 9.78. The van der Waals surface area contributed by atoms with E-state index in [1.54, 1.807) is 0 Å². The summed E-state index contributed by atoms with van der Waals surface area (Å²) in [4.78, 5) is 0. The first kappa shape index (κ1) is 8.76. The van der Waals surface area contributed by atoms with Crippen molar-refractivity contribution in [3.05, 3.63) is 34.9 Å². The van der Waals surface area contributed by atoms with Crippen LogP contribution in [-0.2, 0) is 12.8 Å². The lowest BCUT2D eigenvalue weighted by Crippen LogP contribution is -2.41. The standard InChI is InChI=1S/C12H17N/c1-9-4-3-5-10-8-12(2,13)7-6-11(9)10/h3-5H,6-8,13H2,1-2H3. The van der Waals surface area contributed by atoms with Crippen molar-refractivity contribution in [2.24, 2.45) is 5.73 Å². The molecule has 1 atom stereocenters. The Kier molecular flexibility index (Phi) is 1.92. The zero-order chi connectivity index (χ0) is 9.47. The summed E-state index contributed by atoms with van der Waals surface area (Å²) in [6.07, 6.45) is 3.30. The third kappa shape index (κ3) is 1.61. The molecule has 0 radical (unpaired) electrons. The van der Waals surface area contributed by atoms with Gasteiger partial charge in [-0.05, 0) is 49.8 Å². The fourth-order valence-electron chi connectivity index (χ4n) is 2.22. The summed E-state index contributed by atoms with van der Waals surface area (Å²) in [7, 11) is 0. The number of rotatable bonds is 0. The minimum Gasteiger partial charge on any atom is -0.325 e. The van der Waals surface area contributed by atoms with E-state index in [9.17, 15) is 0 Å². The van der Waals surface area contributed by atoms with Crippen LogP contribution in [0.3, 0.4) is 0 Å². The van der Waals surface area contributed by atoms with Crippen molar-refractivity contribution >= 4 is 0 Å². The summed E-state index contributed by atoms with van der Waals surface area (Å²) in [5, 5.41) is 0. The molecule has 13 heavy (non-hydrogen) atoms. The Labute approximate surface area is 80.0 Å². The van der Waals surface area contributed by atoms with Crippen LogP contribution in [0.5, 0.6) is 0 Å². The van der Waals surface area contributed by atoms with Crippen LogP contribution in [-0.4, -0.2) is 5.54 Å². The molecule has 2 N–H and O–H groups in total. The van der Waals surface area contributed by atoms with Gasteiger partial charge < -0.3 is 5.73 Å². The van der Waals surface area contributed by atoms with Crippen molar-refractivity contribution in [2.45, 2.75) is 38.6 Å². The molecule has 0 aliphatic heterocycles. The van der Waals surface area contributed by atoms with Crippen molar-refractivity contribution in [1.29, 1.82) is 0 Å². The summed E-state index contributed by atoms with van der Waals surface area (Å²) < 4.78 is 0. The maximum Gasteiger partial charge on any atom is 0.0169 e. The van der Waals surface area contributed by atoms with E-state index >= 15 is 0 Å². The molecule has 0 bridgehead atoms. The Bertz CT molecular complexity index is 326. The van der Waals surface area contributed by atoms with Crippen molar-refractivity contribution in [3.63, 3.8) is 0 Å². The third-order valence-corrected chi connectivity index (χ3v) is 3.05. The van der Waals surface area contributed by atoms with Crippen LogP contribution in [0, 0.1) is 6.92 Å². The van der Waals surface area contributed by atoms with Crippen LogP contribution in [0.15, 0.2) is 18.2 Å². The Morgan fingerprint density at radius 3 is 2.92 bits per heavy atom. The smallest absolute Gasteiger partial charge is 0.0169 e. The zero-order valence-electron chi connectivity index (χ0n) is 8.43. The zero-order valence-corrected chi connectivity index (χ0v) is 8.43. The molecular weight excluding hydrogens is 158 g/mol. The van der Waals surface area contributed by atoms with E-state index in [1.165, 1.54) is 16.7 Å². The van der Waals surface area contributed by atoms with Crippen molar-refractivity contribution in [3.8, 4) is 0 Å². The minimum absolute atomic E-state index is 0.0147. The fraction of sp³-hybridized carbons (Fsp3) is 0.500. The molecule has 1 aliphatic rings. The van der Waals surface area contributed by atoms with Crippen LogP contribution in [0.1, 0.15) is 30.0 Å². The maximum absolute atomic E-state index is 6.14. The molecule has 0 fully saturated rings. The molecule has 1 aliphatic carbocycles. The number of fused-ring (bicyclic) bond motifs is 1. The van der Waals surface area contributed by atoms with E-state index in [1.807, 2.05) is 0 Å². The van der Waals surface area contributed by atoms with Gasteiger partial charge in [-0.2, -0.15) is 0 Å². The second-order valence-corrected chi connectivity index (χ2v) is 4.54. The lowest BCUT2D eigenvalue weighted by Gasteiger charge is -2.31. The van der Waals surface area contributed by atoms with Gasteiger partial charge in [0.25, 0.3) is 0 Å². The monoisotopic (exact) mass is 175 g/mol.